The monoisotopic (exact) mass is 278 g/mol. The lowest BCUT2D eigenvalue weighted by Crippen LogP contribution is -2.34. The first kappa shape index (κ1) is 11.0. The number of aryl methyl sites for hydroxylation is 1. The van der Waals surface area contributed by atoms with E-state index in [1.807, 2.05) is 24.3 Å². The normalized spacial score (nSPS) is 15.6. The number of hydrogen-bond acceptors (Lipinski definition) is 5. The van der Waals surface area contributed by atoms with Crippen molar-refractivity contribution in [3.8, 4) is 5.75 Å². The topological polar surface area (TPSA) is 79.2 Å². The lowest BCUT2D eigenvalue weighted by Gasteiger charge is -2.13. The van der Waals surface area contributed by atoms with Gasteiger partial charge in [0.1, 0.15) is 5.75 Å². The van der Waals surface area contributed by atoms with Gasteiger partial charge in [0.05, 0.1) is 0 Å². The number of hydrogen-bond donors (Lipinski definition) is 3. The Morgan fingerprint density at radius 3 is 2.50 bits per heavy atom. The molecule has 6 heteroatoms. The van der Waals surface area contributed by atoms with Gasteiger partial charge >= 0.3 is 8.80 Å². The molecule has 1 aromatic rings. The van der Waals surface area contributed by atoms with Crippen LogP contribution in [0.2, 0.25) is 6.04 Å². The van der Waals surface area contributed by atoms with E-state index >= 15 is 0 Å². The average molecular weight is 278 g/mol. The summed E-state index contributed by atoms with van der Waals surface area (Å²) in [6.07, 6.45) is 0.989. The van der Waals surface area contributed by atoms with Gasteiger partial charge in [0.15, 0.2) is 10.6 Å². The van der Waals surface area contributed by atoms with Crippen LogP contribution in [0.5, 0.6) is 5.75 Å². The van der Waals surface area contributed by atoms with Crippen LogP contribution in [0.25, 0.3) is 0 Å². The van der Waals surface area contributed by atoms with E-state index in [0.717, 1.165) is 11.3 Å². The van der Waals surface area contributed by atoms with Gasteiger partial charge in [-0.3, -0.25) is 0 Å². The summed E-state index contributed by atoms with van der Waals surface area (Å²) in [5, 5.41) is 0. The maximum absolute atomic E-state index is 6.85. The first-order chi connectivity index (χ1) is 10.1. The molecule has 3 N–H and O–H groups in total. The second-order valence-electron chi connectivity index (χ2n) is 4.10. The molecule has 1 unspecified atom stereocenters. The molecule has 1 aromatic carbocycles. The van der Waals surface area contributed by atoms with Gasteiger partial charge < -0.3 is 23.9 Å². The van der Waals surface area contributed by atoms with E-state index in [1.165, 1.54) is 0 Å². The smallest absolute Gasteiger partial charge is 0.465 e. The van der Waals surface area contributed by atoms with Crippen molar-refractivity contribution in [1.82, 2.24) is 0 Å². The number of benzene rings is 1. The second-order valence-corrected chi connectivity index (χ2v) is 5.97. The van der Waals surface area contributed by atoms with Gasteiger partial charge in [-0.15, -0.1) is 0 Å². The van der Waals surface area contributed by atoms with Crippen LogP contribution >= 0.6 is 0 Å². The summed E-state index contributed by atoms with van der Waals surface area (Å²) in [5.74, 6) is 0.718. The van der Waals surface area contributed by atoms with E-state index in [-0.39, 0.29) is 12.3 Å². The number of ether oxygens (including phenoxy) is 2. The summed E-state index contributed by atoms with van der Waals surface area (Å²) in [6, 6.07) is 7.77. The van der Waals surface area contributed by atoms with Gasteiger partial charge in [-0.1, -0.05) is 12.1 Å². The van der Waals surface area contributed by atoms with Gasteiger partial charge in [0.2, 0.25) is 0 Å². The molecule has 0 amide bonds. The zero-order valence-corrected chi connectivity index (χ0v) is 11.5. The molecule has 0 aliphatic heterocycles. The summed E-state index contributed by atoms with van der Waals surface area (Å²) >= 11 is 0. The van der Waals surface area contributed by atoms with Crippen LogP contribution in [0, 0.1) is 0 Å². The molecule has 0 bridgehead atoms. The van der Waals surface area contributed by atoms with Crippen molar-refractivity contribution in [2.75, 3.05) is 7.11 Å². The van der Waals surface area contributed by atoms with Crippen LogP contribution < -0.4 is 4.74 Å². The zero-order valence-electron chi connectivity index (χ0n) is 13.5. The summed E-state index contributed by atoms with van der Waals surface area (Å²) in [7, 11) is -1.87. The van der Waals surface area contributed by atoms with E-state index in [9.17, 15) is 0 Å². The summed E-state index contributed by atoms with van der Waals surface area (Å²) in [4.78, 5) is 12.9. The summed E-state index contributed by atoms with van der Waals surface area (Å²) in [6.45, 7) is 1.81. The van der Waals surface area contributed by atoms with Crippen LogP contribution in [0.1, 0.15) is 18.9 Å². The van der Waals surface area contributed by atoms with E-state index in [2.05, 4.69) is 14.4 Å². The Hall–Kier alpha value is -0.923. The van der Waals surface area contributed by atoms with Crippen LogP contribution in [0.15, 0.2) is 24.3 Å². The largest absolute Gasteiger partial charge is 0.492 e. The molecule has 0 fully saturated rings. The fourth-order valence-electron chi connectivity index (χ4n) is 1.48. The molecule has 0 aromatic heterocycles. The highest BCUT2D eigenvalue weighted by molar-refractivity contribution is 6.56. The molecule has 0 saturated carbocycles. The fraction of sp³-hybridized carbons (Fsp3) is 0.500. The van der Waals surface area contributed by atoms with E-state index in [4.69, 9.17) is 13.8 Å². The molecule has 0 spiro atoms. The predicted molar refractivity (Wildman–Crippen MR) is 69.1 cm³/mol. The highest BCUT2D eigenvalue weighted by Gasteiger charge is 2.25. The van der Waals surface area contributed by atoms with Crippen molar-refractivity contribution in [3.63, 3.8) is 0 Å². The van der Waals surface area contributed by atoms with Gasteiger partial charge in [-0.2, -0.15) is 0 Å². The van der Waals surface area contributed by atoms with Crippen molar-refractivity contribution < 1.29 is 23.9 Å². The summed E-state index contributed by atoms with van der Waals surface area (Å²) in [5.41, 5.74) is 1.07. The Balaban J connectivity index is 2.46. The molecule has 1 atom stereocenters. The molecule has 0 aliphatic carbocycles. The third-order valence-electron chi connectivity index (χ3n) is 2.51. The molecule has 5 nitrogen and oxygen atoms in total. The minimum Gasteiger partial charge on any atom is -0.465 e. The molecular formula is C12H20O5Si. The first-order valence-electron chi connectivity index (χ1n) is 7.03. The second kappa shape index (κ2) is 6.86. The lowest BCUT2D eigenvalue weighted by atomic mass is 10.1. The van der Waals surface area contributed by atoms with E-state index in [1.54, 1.807) is 14.0 Å². The Labute approximate surface area is 112 Å². The third-order valence-corrected chi connectivity index (χ3v) is 3.47. The van der Waals surface area contributed by atoms with E-state index < -0.39 is 8.80 Å². The van der Waals surface area contributed by atoms with Crippen molar-refractivity contribution in [2.24, 2.45) is 0 Å². The first-order valence-corrected chi connectivity index (χ1v) is 7.73. The Bertz CT molecular complexity index is 394. The molecular weight excluding hydrogens is 252 g/mol. The minimum absolute atomic E-state index is 0.239. The molecule has 1 rings (SSSR count). The van der Waals surface area contributed by atoms with Crippen molar-refractivity contribution >= 4 is 8.80 Å². The number of rotatable bonds is 10. The van der Waals surface area contributed by atoms with Gasteiger partial charge in [0.25, 0.3) is 0 Å². The molecule has 18 heavy (non-hydrogen) atoms. The summed E-state index contributed by atoms with van der Waals surface area (Å²) < 4.78 is 31.0. The van der Waals surface area contributed by atoms with Crippen molar-refractivity contribution in [2.45, 2.75) is 32.1 Å². The Kier molecular flexibility index (Phi) is 4.17. The van der Waals surface area contributed by atoms with Crippen molar-refractivity contribution in [1.29, 1.82) is 4.29 Å². The van der Waals surface area contributed by atoms with Crippen LogP contribution in [0.3, 0.4) is 0 Å². The van der Waals surface area contributed by atoms with Crippen molar-refractivity contribution in [3.05, 3.63) is 29.8 Å². The molecule has 0 heterocycles. The predicted octanol–water partition coefficient (Wildman–Crippen LogP) is 0.906. The van der Waals surface area contributed by atoms with Gasteiger partial charge in [-0.25, -0.2) is 0 Å². The minimum atomic E-state index is -3.45. The van der Waals surface area contributed by atoms with E-state index in [0.29, 0.717) is 12.8 Å². The Morgan fingerprint density at radius 2 is 1.94 bits per heavy atom. The lowest BCUT2D eigenvalue weighted by molar-refractivity contribution is -0.0382. The maximum Gasteiger partial charge on any atom is 0.492 e. The molecule has 0 radical (unpaired) electrons. The average Bonchev–Trinajstić information content (AvgIpc) is 2.53. The zero-order chi connectivity index (χ0) is 15.7. The maximum atomic E-state index is 6.85. The fourth-order valence-corrected chi connectivity index (χ4v) is 2.09. The Morgan fingerprint density at radius 1 is 1.28 bits per heavy atom. The molecule has 0 aliphatic rings. The third kappa shape index (κ3) is 6.13. The van der Waals surface area contributed by atoms with Crippen LogP contribution in [-0.4, -0.2) is 40.9 Å². The molecule has 102 valence electrons. The highest BCUT2D eigenvalue weighted by atomic mass is 28.4. The van der Waals surface area contributed by atoms with Crippen LogP contribution in [-0.2, 0) is 11.2 Å². The number of methoxy groups -OCH3 is 1. The van der Waals surface area contributed by atoms with Gasteiger partial charge in [0, 0.05) is 13.2 Å². The highest BCUT2D eigenvalue weighted by Crippen LogP contribution is 2.16. The SMILES string of the molecule is [3H]O[Si](CCCc1ccc(OC(C)OC)cc1)(O[3H])O[3H]. The quantitative estimate of drug-likeness (QED) is 0.438. The standard InChI is InChI=1S/C12H20O5Si/c1-10(16-2)17-12-7-5-11(6-8-12)4-3-9-18(13,14)15/h5-8,10,13-15H,3-4,9H2,1-2H3/i13T,14T,15T. The van der Waals surface area contributed by atoms with Crippen LogP contribution in [0.4, 0.5) is 0 Å². The molecule has 0 saturated heterocycles. The van der Waals surface area contributed by atoms with Gasteiger partial charge in [-0.05, 0) is 37.5 Å².